The van der Waals surface area contributed by atoms with E-state index in [2.05, 4.69) is 16.0 Å². The number of halogens is 1. The van der Waals surface area contributed by atoms with Gasteiger partial charge in [0.15, 0.2) is 0 Å². The Morgan fingerprint density at radius 1 is 1.23 bits per heavy atom. The van der Waals surface area contributed by atoms with E-state index in [4.69, 9.17) is 16.3 Å². The molecule has 3 amide bonds. The molecule has 0 aliphatic rings. The largest absolute Gasteiger partial charge is 0.383 e. The molecule has 1 aromatic carbocycles. The van der Waals surface area contributed by atoms with E-state index in [1.165, 1.54) is 0 Å². The number of carbonyl (C=O) groups is 2. The van der Waals surface area contributed by atoms with E-state index in [0.29, 0.717) is 30.3 Å². The fourth-order valence-corrected chi connectivity index (χ4v) is 2.01. The van der Waals surface area contributed by atoms with E-state index in [0.717, 1.165) is 6.42 Å². The molecule has 3 N–H and O–H groups in total. The highest BCUT2D eigenvalue weighted by Gasteiger charge is 2.10. The van der Waals surface area contributed by atoms with Crippen molar-refractivity contribution in [2.75, 3.05) is 26.8 Å². The summed E-state index contributed by atoms with van der Waals surface area (Å²) in [4.78, 5) is 23.5. The molecule has 0 aliphatic heterocycles. The predicted molar refractivity (Wildman–Crippen MR) is 86.3 cm³/mol. The first kappa shape index (κ1) is 18.3. The first-order valence-electron chi connectivity index (χ1n) is 7.14. The van der Waals surface area contributed by atoms with Crippen LogP contribution >= 0.6 is 11.6 Å². The molecule has 0 aliphatic carbocycles. The van der Waals surface area contributed by atoms with Gasteiger partial charge >= 0.3 is 6.03 Å². The third kappa shape index (κ3) is 6.32. The quantitative estimate of drug-likeness (QED) is 0.637. The van der Waals surface area contributed by atoms with Crippen LogP contribution in [-0.4, -0.2) is 44.8 Å². The SMILES string of the molecule is CC[C@@H](COC)NC(=O)NCCNC(=O)c1ccccc1Cl. The van der Waals surface area contributed by atoms with Gasteiger partial charge in [-0.05, 0) is 18.6 Å². The zero-order valence-electron chi connectivity index (χ0n) is 12.8. The fourth-order valence-electron chi connectivity index (χ4n) is 1.79. The van der Waals surface area contributed by atoms with Gasteiger partial charge in [0.05, 0.1) is 23.2 Å². The topological polar surface area (TPSA) is 79.5 Å². The number of amides is 3. The minimum absolute atomic E-state index is 0.0253. The van der Waals surface area contributed by atoms with Crippen molar-refractivity contribution in [2.24, 2.45) is 0 Å². The molecule has 1 rings (SSSR count). The Hall–Kier alpha value is -1.79. The summed E-state index contributed by atoms with van der Waals surface area (Å²) in [5, 5.41) is 8.56. The second-order valence-corrected chi connectivity index (χ2v) is 5.10. The van der Waals surface area contributed by atoms with E-state index >= 15 is 0 Å². The summed E-state index contributed by atoms with van der Waals surface area (Å²) < 4.78 is 5.00. The molecule has 1 atom stereocenters. The lowest BCUT2D eigenvalue weighted by Gasteiger charge is -2.16. The second-order valence-electron chi connectivity index (χ2n) is 4.70. The van der Waals surface area contributed by atoms with Gasteiger partial charge in [0, 0.05) is 20.2 Å². The summed E-state index contributed by atoms with van der Waals surface area (Å²) >= 11 is 5.93. The van der Waals surface area contributed by atoms with Crippen LogP contribution in [-0.2, 0) is 4.74 Å². The van der Waals surface area contributed by atoms with E-state index in [9.17, 15) is 9.59 Å². The van der Waals surface area contributed by atoms with Crippen molar-refractivity contribution in [3.05, 3.63) is 34.9 Å². The molecule has 0 fully saturated rings. The molecule has 22 heavy (non-hydrogen) atoms. The van der Waals surface area contributed by atoms with Gasteiger partial charge in [-0.3, -0.25) is 4.79 Å². The number of benzene rings is 1. The van der Waals surface area contributed by atoms with Gasteiger partial charge in [-0.25, -0.2) is 4.79 Å². The van der Waals surface area contributed by atoms with E-state index in [-0.39, 0.29) is 18.0 Å². The summed E-state index contributed by atoms with van der Waals surface area (Å²) in [6, 6.07) is 6.50. The highest BCUT2D eigenvalue weighted by molar-refractivity contribution is 6.33. The van der Waals surface area contributed by atoms with Crippen LogP contribution in [0.3, 0.4) is 0 Å². The van der Waals surface area contributed by atoms with Gasteiger partial charge in [0.2, 0.25) is 0 Å². The van der Waals surface area contributed by atoms with Crippen molar-refractivity contribution in [3.63, 3.8) is 0 Å². The van der Waals surface area contributed by atoms with Gasteiger partial charge in [-0.2, -0.15) is 0 Å². The second kappa shape index (κ2) is 10.0. The maximum absolute atomic E-state index is 11.9. The molecule has 0 saturated carbocycles. The fraction of sp³-hybridized carbons (Fsp3) is 0.467. The van der Waals surface area contributed by atoms with E-state index in [1.807, 2.05) is 6.92 Å². The molecule has 1 aromatic rings. The Labute approximate surface area is 135 Å². The van der Waals surface area contributed by atoms with Gasteiger partial charge in [0.1, 0.15) is 0 Å². The van der Waals surface area contributed by atoms with Gasteiger partial charge in [-0.1, -0.05) is 30.7 Å². The van der Waals surface area contributed by atoms with Crippen LogP contribution in [0.15, 0.2) is 24.3 Å². The average molecular weight is 328 g/mol. The lowest BCUT2D eigenvalue weighted by molar-refractivity contribution is 0.0954. The van der Waals surface area contributed by atoms with Crippen LogP contribution in [0.1, 0.15) is 23.7 Å². The number of rotatable bonds is 8. The van der Waals surface area contributed by atoms with Crippen LogP contribution in [0.2, 0.25) is 5.02 Å². The number of hydrogen-bond donors (Lipinski definition) is 3. The minimum atomic E-state index is -0.282. The molecular formula is C15H22ClN3O3. The van der Waals surface area contributed by atoms with E-state index in [1.54, 1.807) is 31.4 Å². The molecule has 7 heteroatoms. The van der Waals surface area contributed by atoms with Crippen LogP contribution in [0.4, 0.5) is 4.79 Å². The Morgan fingerprint density at radius 2 is 1.91 bits per heavy atom. The summed E-state index contributed by atoms with van der Waals surface area (Å²) in [7, 11) is 1.59. The molecule has 0 bridgehead atoms. The summed E-state index contributed by atoms with van der Waals surface area (Å²) in [6.45, 7) is 3.07. The first-order valence-corrected chi connectivity index (χ1v) is 7.52. The number of nitrogens with one attached hydrogen (secondary N) is 3. The summed E-state index contributed by atoms with van der Waals surface area (Å²) in [5.41, 5.74) is 0.416. The molecule has 6 nitrogen and oxygen atoms in total. The van der Waals surface area contributed by atoms with Crippen molar-refractivity contribution >= 4 is 23.5 Å². The normalized spacial score (nSPS) is 11.6. The van der Waals surface area contributed by atoms with Crippen molar-refractivity contribution in [2.45, 2.75) is 19.4 Å². The Morgan fingerprint density at radius 3 is 2.55 bits per heavy atom. The molecule has 122 valence electrons. The molecule has 0 saturated heterocycles. The van der Waals surface area contributed by atoms with Crippen molar-refractivity contribution in [3.8, 4) is 0 Å². The lowest BCUT2D eigenvalue weighted by Crippen LogP contribution is -2.45. The smallest absolute Gasteiger partial charge is 0.315 e. The summed E-state index contributed by atoms with van der Waals surface area (Å²) in [5.74, 6) is -0.265. The van der Waals surface area contributed by atoms with Gasteiger partial charge in [-0.15, -0.1) is 0 Å². The zero-order chi connectivity index (χ0) is 16.4. The number of carbonyl (C=O) groups excluding carboxylic acids is 2. The summed E-state index contributed by atoms with van der Waals surface area (Å²) in [6.07, 6.45) is 0.782. The monoisotopic (exact) mass is 327 g/mol. The number of urea groups is 1. The van der Waals surface area contributed by atoms with Crippen LogP contribution in [0.5, 0.6) is 0 Å². The first-order chi connectivity index (χ1) is 10.6. The number of hydrogen-bond acceptors (Lipinski definition) is 3. The molecule has 0 aromatic heterocycles. The Balaban J connectivity index is 2.26. The molecule has 0 radical (unpaired) electrons. The van der Waals surface area contributed by atoms with Crippen LogP contribution < -0.4 is 16.0 Å². The third-order valence-electron chi connectivity index (χ3n) is 3.01. The van der Waals surface area contributed by atoms with Gasteiger partial charge in [0.25, 0.3) is 5.91 Å². The van der Waals surface area contributed by atoms with E-state index < -0.39 is 0 Å². The zero-order valence-corrected chi connectivity index (χ0v) is 13.6. The maximum atomic E-state index is 11.9. The Bertz CT molecular complexity index is 497. The third-order valence-corrected chi connectivity index (χ3v) is 3.34. The molecule has 0 heterocycles. The number of ether oxygens (including phenoxy) is 1. The highest BCUT2D eigenvalue weighted by atomic mass is 35.5. The van der Waals surface area contributed by atoms with Crippen LogP contribution in [0, 0.1) is 0 Å². The van der Waals surface area contributed by atoms with Crippen LogP contribution in [0.25, 0.3) is 0 Å². The predicted octanol–water partition coefficient (Wildman–Crippen LogP) is 1.79. The van der Waals surface area contributed by atoms with Crippen molar-refractivity contribution in [1.82, 2.24) is 16.0 Å². The highest BCUT2D eigenvalue weighted by Crippen LogP contribution is 2.14. The maximum Gasteiger partial charge on any atom is 0.315 e. The average Bonchev–Trinajstić information content (AvgIpc) is 2.51. The molecular weight excluding hydrogens is 306 g/mol. The van der Waals surface area contributed by atoms with Crippen molar-refractivity contribution < 1.29 is 14.3 Å². The number of methoxy groups -OCH3 is 1. The van der Waals surface area contributed by atoms with Crippen molar-refractivity contribution in [1.29, 1.82) is 0 Å². The van der Waals surface area contributed by atoms with Gasteiger partial charge < -0.3 is 20.7 Å². The molecule has 0 unspecified atom stereocenters. The minimum Gasteiger partial charge on any atom is -0.383 e. The standard InChI is InChI=1S/C15H22ClN3O3/c1-3-11(10-22-2)19-15(21)18-9-8-17-14(20)12-6-4-5-7-13(12)16/h4-7,11H,3,8-10H2,1-2H3,(H,17,20)(H2,18,19,21)/t11-/m0/s1. The molecule has 0 spiro atoms. The lowest BCUT2D eigenvalue weighted by atomic mass is 10.2. The Kier molecular flexibility index (Phi) is 8.32.